The number of carbonyl (C=O) groups excluding carboxylic acids is 1. The number of aliphatic carboxylic acids is 1. The van der Waals surface area contributed by atoms with Gasteiger partial charge < -0.3 is 59.8 Å². The summed E-state index contributed by atoms with van der Waals surface area (Å²) < 4.78 is 23.5. The number of carboxylic acids is 1. The smallest absolute Gasteiger partial charge is 0.335 e. The highest BCUT2D eigenvalue weighted by molar-refractivity contribution is 5.79. The molecule has 14 nitrogen and oxygen atoms in total. The molecule has 0 unspecified atom stereocenters. The van der Waals surface area contributed by atoms with Crippen LogP contribution in [0.4, 0.5) is 0 Å². The molecule has 7 aliphatic rings. The minimum atomic E-state index is -1.79. The van der Waals surface area contributed by atoms with Crippen molar-refractivity contribution in [3.8, 4) is 0 Å². The van der Waals surface area contributed by atoms with Gasteiger partial charge >= 0.3 is 11.9 Å². The molecule has 318 valence electrons. The van der Waals surface area contributed by atoms with Crippen molar-refractivity contribution in [2.75, 3.05) is 6.61 Å². The van der Waals surface area contributed by atoms with Crippen LogP contribution in [-0.2, 0) is 28.5 Å². The Balaban J connectivity index is 1.16. The Kier molecular flexibility index (Phi) is 10.8. The average molecular weight is 795 g/mol. The molecule has 0 bridgehead atoms. The number of hydrogen-bond acceptors (Lipinski definition) is 13. The fraction of sp³-hybridized carbons (Fsp3) is 0.905. The summed E-state index contributed by atoms with van der Waals surface area (Å²) in [6.45, 7) is 15.5. The van der Waals surface area contributed by atoms with Gasteiger partial charge in [0.05, 0.1) is 18.1 Å². The Morgan fingerprint density at radius 3 is 2.05 bits per heavy atom. The van der Waals surface area contributed by atoms with Crippen molar-refractivity contribution in [3.63, 3.8) is 0 Å². The summed E-state index contributed by atoms with van der Waals surface area (Å²) in [6, 6.07) is 0. The molecule has 0 spiro atoms. The minimum absolute atomic E-state index is 0.0330. The molecular formula is C42H66O14. The van der Waals surface area contributed by atoms with Gasteiger partial charge in [-0.15, -0.1) is 0 Å². The van der Waals surface area contributed by atoms with Gasteiger partial charge in [0.15, 0.2) is 12.4 Å². The lowest BCUT2D eigenvalue weighted by atomic mass is 9.33. The number of ether oxygens (including phenoxy) is 4. The predicted molar refractivity (Wildman–Crippen MR) is 198 cm³/mol. The summed E-state index contributed by atoms with van der Waals surface area (Å²) in [7, 11) is 0. The molecule has 0 aromatic heterocycles. The van der Waals surface area contributed by atoms with Gasteiger partial charge in [-0.05, 0) is 109 Å². The Morgan fingerprint density at radius 1 is 0.750 bits per heavy atom. The molecular weight excluding hydrogens is 728 g/mol. The lowest BCUT2D eigenvalue weighted by Crippen LogP contribution is -2.66. The number of fused-ring (bicyclic) bond motifs is 7. The molecule has 18 atom stereocenters. The van der Waals surface area contributed by atoms with Crippen LogP contribution in [0.25, 0.3) is 0 Å². The highest BCUT2D eigenvalue weighted by atomic mass is 16.7. The van der Waals surface area contributed by atoms with Crippen LogP contribution in [0.15, 0.2) is 11.6 Å². The minimum Gasteiger partial charge on any atom is -0.479 e. The van der Waals surface area contributed by atoms with Gasteiger partial charge in [0.25, 0.3) is 0 Å². The molecule has 0 radical (unpaired) electrons. The highest BCUT2D eigenvalue weighted by Crippen LogP contribution is 2.76. The molecule has 14 heteroatoms. The van der Waals surface area contributed by atoms with Crippen molar-refractivity contribution in [1.82, 2.24) is 0 Å². The van der Waals surface area contributed by atoms with E-state index in [0.29, 0.717) is 25.2 Å². The SMILES string of the molecule is CC1(C)CC[C@]2(C(=O)O[C@@H]3O[C@H](CO)[C@@H](O)[C@H](O)[C@H]3O)CC[C@]3(C)C(=CC[C@@H]4[C@@]5(C)CC[C@H](O[C@@H]6O[C@H](C(=O)O)[C@@H](O)[C@H](O)[C@H]6O)C(C)(C)[C@H]5CC[C@]43C)[C@H]2C1. The molecule has 8 N–H and O–H groups in total. The molecule has 6 fully saturated rings. The zero-order valence-electron chi connectivity index (χ0n) is 34.0. The van der Waals surface area contributed by atoms with E-state index >= 15 is 0 Å². The summed E-state index contributed by atoms with van der Waals surface area (Å²) in [5.74, 6) is -1.52. The molecule has 0 aromatic carbocycles. The molecule has 7 rings (SSSR count). The summed E-state index contributed by atoms with van der Waals surface area (Å²) in [4.78, 5) is 26.4. The number of allylic oxidation sites excluding steroid dienone is 2. The maximum Gasteiger partial charge on any atom is 0.335 e. The van der Waals surface area contributed by atoms with E-state index < -0.39 is 96.9 Å². The normalized spacial score (nSPS) is 52.3. The van der Waals surface area contributed by atoms with Gasteiger partial charge in [0.1, 0.15) is 42.7 Å². The topological polar surface area (TPSA) is 233 Å². The fourth-order valence-electron chi connectivity index (χ4n) is 13.5. The predicted octanol–water partition coefficient (Wildman–Crippen LogP) is 2.41. The van der Waals surface area contributed by atoms with Gasteiger partial charge in [-0.25, -0.2) is 4.79 Å². The summed E-state index contributed by atoms with van der Waals surface area (Å²) in [5, 5.41) is 82.4. The van der Waals surface area contributed by atoms with Crippen LogP contribution < -0.4 is 0 Å². The standard InChI is InChI=1S/C42H66O14/c1-37(2)14-16-42(36(52)56-34-30(48)27(45)26(44)22(19-43)53-34)17-15-40(6)20(21(42)18-37)8-9-24-39(5)12-11-25(38(3,4)23(39)10-13-41(24,40)7)54-35-31(49)28(46)29(47)32(55-35)33(50)51/h8,21-32,34-35,43-49H,9-19H2,1-7H3,(H,50,51)/t21-,22-,23-,24-,25+,26-,27+,28+,29+,30-,31-,32+,34+,35-,39+,40-,41-,42+/m1/s1. The van der Waals surface area contributed by atoms with Crippen LogP contribution >= 0.6 is 0 Å². The number of aliphatic hydroxyl groups is 7. The van der Waals surface area contributed by atoms with Crippen LogP contribution in [0.5, 0.6) is 0 Å². The van der Waals surface area contributed by atoms with E-state index in [1.165, 1.54) is 5.57 Å². The van der Waals surface area contributed by atoms with Gasteiger partial charge in [0, 0.05) is 0 Å². The molecule has 2 saturated heterocycles. The number of esters is 1. The molecule has 2 heterocycles. The first-order chi connectivity index (χ1) is 26.0. The molecule has 56 heavy (non-hydrogen) atoms. The average Bonchev–Trinajstić information content (AvgIpc) is 3.12. The lowest BCUT2D eigenvalue weighted by Gasteiger charge is -2.71. The van der Waals surface area contributed by atoms with Gasteiger partial charge in [-0.2, -0.15) is 0 Å². The molecule has 0 aromatic rings. The largest absolute Gasteiger partial charge is 0.479 e. The van der Waals surface area contributed by atoms with Crippen LogP contribution in [0.1, 0.15) is 113 Å². The Hall–Kier alpha value is -1.72. The number of aliphatic hydroxyl groups excluding tert-OH is 7. The second kappa shape index (κ2) is 14.2. The van der Waals surface area contributed by atoms with Crippen molar-refractivity contribution in [3.05, 3.63) is 11.6 Å². The number of rotatable bonds is 6. The first-order valence-electron chi connectivity index (χ1n) is 20.8. The first kappa shape index (κ1) is 42.4. The van der Waals surface area contributed by atoms with E-state index in [4.69, 9.17) is 18.9 Å². The Morgan fingerprint density at radius 2 is 1.39 bits per heavy atom. The van der Waals surface area contributed by atoms with Crippen molar-refractivity contribution < 1.29 is 69.4 Å². The van der Waals surface area contributed by atoms with Crippen LogP contribution in [0, 0.1) is 50.2 Å². The molecule has 5 aliphatic carbocycles. The number of carboxylic acid groups (broad SMARTS) is 1. The van der Waals surface area contributed by atoms with Gasteiger partial charge in [0.2, 0.25) is 6.29 Å². The van der Waals surface area contributed by atoms with Crippen molar-refractivity contribution >= 4 is 11.9 Å². The maximum absolute atomic E-state index is 14.6. The number of carbonyl (C=O) groups is 2. The third kappa shape index (κ3) is 6.17. The van der Waals surface area contributed by atoms with Gasteiger partial charge in [-0.1, -0.05) is 60.1 Å². The van der Waals surface area contributed by atoms with Crippen LogP contribution in [-0.4, -0.2) is 127 Å². The van der Waals surface area contributed by atoms with Crippen molar-refractivity contribution in [1.29, 1.82) is 0 Å². The van der Waals surface area contributed by atoms with E-state index in [0.717, 1.165) is 44.9 Å². The van der Waals surface area contributed by atoms with E-state index in [9.17, 15) is 50.4 Å². The monoisotopic (exact) mass is 794 g/mol. The summed E-state index contributed by atoms with van der Waals surface area (Å²) in [5.41, 5.74) is -0.448. The highest BCUT2D eigenvalue weighted by Gasteiger charge is 2.70. The Bertz CT molecular complexity index is 1560. The first-order valence-corrected chi connectivity index (χ1v) is 20.8. The Labute approximate surface area is 329 Å². The molecule has 0 amide bonds. The zero-order chi connectivity index (χ0) is 41.1. The van der Waals surface area contributed by atoms with Crippen LogP contribution in [0.2, 0.25) is 0 Å². The van der Waals surface area contributed by atoms with Crippen molar-refractivity contribution in [2.45, 2.75) is 180 Å². The zero-order valence-corrected chi connectivity index (χ0v) is 34.0. The van der Waals surface area contributed by atoms with Crippen LogP contribution in [0.3, 0.4) is 0 Å². The lowest BCUT2D eigenvalue weighted by molar-refractivity contribution is -0.324. The second-order valence-electron chi connectivity index (χ2n) is 20.7. The molecule has 4 saturated carbocycles. The number of hydrogen-bond donors (Lipinski definition) is 8. The third-order valence-electron chi connectivity index (χ3n) is 17.2. The van der Waals surface area contributed by atoms with E-state index in [2.05, 4.69) is 54.5 Å². The van der Waals surface area contributed by atoms with Gasteiger partial charge in [-0.3, -0.25) is 4.79 Å². The van der Waals surface area contributed by atoms with E-state index in [-0.39, 0.29) is 33.5 Å². The van der Waals surface area contributed by atoms with E-state index in [1.807, 2.05) is 0 Å². The third-order valence-corrected chi connectivity index (χ3v) is 17.2. The van der Waals surface area contributed by atoms with E-state index in [1.54, 1.807) is 0 Å². The maximum atomic E-state index is 14.6. The fourth-order valence-corrected chi connectivity index (χ4v) is 13.5. The quantitative estimate of drug-likeness (QED) is 0.110. The van der Waals surface area contributed by atoms with Crippen molar-refractivity contribution in [2.24, 2.45) is 50.2 Å². The second-order valence-corrected chi connectivity index (χ2v) is 20.7. The summed E-state index contributed by atoms with van der Waals surface area (Å²) >= 11 is 0. The molecule has 2 aliphatic heterocycles. The summed E-state index contributed by atoms with van der Waals surface area (Å²) in [6.07, 6.45) is -6.14.